The summed E-state index contributed by atoms with van der Waals surface area (Å²) in [6.45, 7) is 7.07. The minimum Gasteiger partial charge on any atom is -0.497 e. The molecular weight excluding hydrogens is 474 g/mol. The lowest BCUT2D eigenvalue weighted by Gasteiger charge is -2.19. The van der Waals surface area contributed by atoms with Crippen molar-refractivity contribution in [1.82, 2.24) is 20.2 Å². The third-order valence-electron chi connectivity index (χ3n) is 6.94. The van der Waals surface area contributed by atoms with Gasteiger partial charge in [-0.15, -0.1) is 10.2 Å². The van der Waals surface area contributed by atoms with E-state index in [0.29, 0.717) is 24.6 Å². The van der Waals surface area contributed by atoms with Crippen molar-refractivity contribution in [1.29, 1.82) is 0 Å². The molecule has 2 aromatic heterocycles. The van der Waals surface area contributed by atoms with Gasteiger partial charge < -0.3 is 15.0 Å². The standard InChI is InChI=1S/C31H33N5O2/c1-31(2,3)22-13-9-20(10-14-22)17-28-29(37)34-30(36-35-28)33-18-25(21-11-15-23(38-4)16-12-21)26-19-32-27-8-6-5-7-24(26)27/h5-16,19,25,32H,17-18H2,1-4H3,(H2,33,34,36,37). The summed E-state index contributed by atoms with van der Waals surface area (Å²) >= 11 is 0. The molecule has 0 aliphatic rings. The Labute approximate surface area is 222 Å². The molecule has 2 heterocycles. The van der Waals surface area contributed by atoms with Crippen molar-refractivity contribution >= 4 is 16.9 Å². The van der Waals surface area contributed by atoms with Crippen molar-refractivity contribution in [2.24, 2.45) is 0 Å². The Kier molecular flexibility index (Phi) is 7.01. The van der Waals surface area contributed by atoms with E-state index < -0.39 is 0 Å². The van der Waals surface area contributed by atoms with Gasteiger partial charge in [0.2, 0.25) is 5.95 Å². The number of aromatic nitrogens is 4. The van der Waals surface area contributed by atoms with Crippen molar-refractivity contribution in [2.75, 3.05) is 19.0 Å². The van der Waals surface area contributed by atoms with Gasteiger partial charge in [-0.2, -0.15) is 0 Å². The Balaban J connectivity index is 1.35. The number of hydrogen-bond donors (Lipinski definition) is 3. The number of benzene rings is 3. The Hall–Kier alpha value is -4.39. The van der Waals surface area contributed by atoms with Crippen LogP contribution in [-0.2, 0) is 11.8 Å². The van der Waals surface area contributed by atoms with E-state index in [9.17, 15) is 4.79 Å². The number of methoxy groups -OCH3 is 1. The number of nitrogens with zero attached hydrogens (tertiary/aromatic N) is 2. The molecule has 7 nitrogen and oxygen atoms in total. The largest absolute Gasteiger partial charge is 0.497 e. The van der Waals surface area contributed by atoms with E-state index in [0.717, 1.165) is 33.3 Å². The molecule has 0 fully saturated rings. The molecule has 5 rings (SSSR count). The second-order valence-corrected chi connectivity index (χ2v) is 10.6. The molecule has 0 amide bonds. The predicted molar refractivity (Wildman–Crippen MR) is 152 cm³/mol. The molecule has 0 spiro atoms. The minimum absolute atomic E-state index is 0.00312. The normalized spacial score (nSPS) is 12.4. The molecule has 3 N–H and O–H groups in total. The van der Waals surface area contributed by atoms with E-state index in [4.69, 9.17) is 4.74 Å². The quantitative estimate of drug-likeness (QED) is 0.247. The molecule has 0 aliphatic carbocycles. The monoisotopic (exact) mass is 507 g/mol. The number of H-pyrrole nitrogens is 2. The van der Waals surface area contributed by atoms with Crippen molar-refractivity contribution in [2.45, 2.75) is 38.5 Å². The molecule has 0 saturated heterocycles. The van der Waals surface area contributed by atoms with Gasteiger partial charge in [0.15, 0.2) is 0 Å². The smallest absolute Gasteiger partial charge is 0.274 e. The molecule has 7 heteroatoms. The van der Waals surface area contributed by atoms with Crippen LogP contribution in [0.5, 0.6) is 5.75 Å². The van der Waals surface area contributed by atoms with Gasteiger partial charge in [-0.05, 0) is 45.9 Å². The van der Waals surface area contributed by atoms with Crippen LogP contribution in [0.1, 0.15) is 54.6 Å². The first-order chi connectivity index (χ1) is 18.3. The zero-order valence-corrected chi connectivity index (χ0v) is 22.2. The van der Waals surface area contributed by atoms with Crippen LogP contribution in [0.4, 0.5) is 5.95 Å². The van der Waals surface area contributed by atoms with E-state index in [1.807, 2.05) is 30.5 Å². The summed E-state index contributed by atoms with van der Waals surface area (Å²) in [5.41, 5.74) is 5.86. The second-order valence-electron chi connectivity index (χ2n) is 10.6. The number of nitrogens with one attached hydrogen (secondary N) is 3. The Bertz CT molecular complexity index is 1580. The van der Waals surface area contributed by atoms with Crippen molar-refractivity contribution in [3.63, 3.8) is 0 Å². The molecule has 0 aliphatic heterocycles. The highest BCUT2D eigenvalue weighted by molar-refractivity contribution is 5.84. The molecule has 38 heavy (non-hydrogen) atoms. The van der Waals surface area contributed by atoms with Crippen LogP contribution in [0.3, 0.4) is 0 Å². The second kappa shape index (κ2) is 10.5. The van der Waals surface area contributed by atoms with Crippen LogP contribution in [0.25, 0.3) is 10.9 Å². The van der Waals surface area contributed by atoms with Crippen LogP contribution >= 0.6 is 0 Å². The first kappa shape index (κ1) is 25.3. The van der Waals surface area contributed by atoms with E-state index in [2.05, 4.69) is 94.8 Å². The van der Waals surface area contributed by atoms with Crippen LogP contribution in [0, 0.1) is 0 Å². The Morgan fingerprint density at radius 2 is 1.68 bits per heavy atom. The fourth-order valence-corrected chi connectivity index (χ4v) is 4.70. The average molecular weight is 508 g/mol. The van der Waals surface area contributed by atoms with Crippen molar-refractivity contribution in [3.8, 4) is 5.75 Å². The van der Waals surface area contributed by atoms with Gasteiger partial charge >= 0.3 is 0 Å². The predicted octanol–water partition coefficient (Wildman–Crippen LogP) is 5.79. The highest BCUT2D eigenvalue weighted by Gasteiger charge is 2.19. The SMILES string of the molecule is COc1ccc(C(CNc2nnc(Cc3ccc(C(C)(C)C)cc3)c(=O)[nH]2)c2c[nH]c3ccccc23)cc1. The van der Waals surface area contributed by atoms with Gasteiger partial charge in [0.05, 0.1) is 7.11 Å². The third-order valence-corrected chi connectivity index (χ3v) is 6.94. The maximum absolute atomic E-state index is 12.8. The zero-order chi connectivity index (χ0) is 26.7. The third kappa shape index (κ3) is 5.47. The van der Waals surface area contributed by atoms with Crippen molar-refractivity contribution < 1.29 is 4.74 Å². The van der Waals surface area contributed by atoms with Gasteiger partial charge in [0.1, 0.15) is 11.4 Å². The van der Waals surface area contributed by atoms with Gasteiger partial charge in [-0.25, -0.2) is 0 Å². The molecule has 1 atom stereocenters. The zero-order valence-electron chi connectivity index (χ0n) is 22.2. The first-order valence-corrected chi connectivity index (χ1v) is 12.8. The summed E-state index contributed by atoms with van der Waals surface area (Å²) in [7, 11) is 1.66. The van der Waals surface area contributed by atoms with Crippen LogP contribution in [0.15, 0.2) is 83.8 Å². The number of rotatable bonds is 8. The summed E-state index contributed by atoms with van der Waals surface area (Å²) in [5.74, 6) is 1.15. The number of para-hydroxylation sites is 1. The fraction of sp³-hybridized carbons (Fsp3) is 0.258. The number of hydrogen-bond acceptors (Lipinski definition) is 5. The van der Waals surface area contributed by atoms with E-state index in [-0.39, 0.29) is 16.9 Å². The highest BCUT2D eigenvalue weighted by atomic mass is 16.5. The van der Waals surface area contributed by atoms with E-state index >= 15 is 0 Å². The maximum atomic E-state index is 12.8. The highest BCUT2D eigenvalue weighted by Crippen LogP contribution is 2.32. The average Bonchev–Trinajstić information content (AvgIpc) is 3.34. The summed E-state index contributed by atoms with van der Waals surface area (Å²) in [4.78, 5) is 19.1. The van der Waals surface area contributed by atoms with Crippen LogP contribution in [0.2, 0.25) is 0 Å². The van der Waals surface area contributed by atoms with Crippen molar-refractivity contribution in [3.05, 3.63) is 117 Å². The fourth-order valence-electron chi connectivity index (χ4n) is 4.70. The van der Waals surface area contributed by atoms with Gasteiger partial charge in [-0.1, -0.05) is 75.4 Å². The lowest BCUT2D eigenvalue weighted by atomic mass is 9.86. The first-order valence-electron chi connectivity index (χ1n) is 12.8. The van der Waals surface area contributed by atoms with E-state index in [1.54, 1.807) is 7.11 Å². The summed E-state index contributed by atoms with van der Waals surface area (Å²) < 4.78 is 5.35. The number of fused-ring (bicyclic) bond motifs is 1. The Morgan fingerprint density at radius 1 is 0.947 bits per heavy atom. The molecule has 5 aromatic rings. The molecule has 0 radical (unpaired) electrons. The van der Waals surface area contributed by atoms with Crippen LogP contribution in [-0.4, -0.2) is 33.8 Å². The maximum Gasteiger partial charge on any atom is 0.274 e. The lowest BCUT2D eigenvalue weighted by molar-refractivity contribution is 0.414. The summed E-state index contributed by atoms with van der Waals surface area (Å²) in [6, 6.07) is 24.6. The lowest BCUT2D eigenvalue weighted by Crippen LogP contribution is -2.22. The molecule has 1 unspecified atom stereocenters. The Morgan fingerprint density at radius 3 is 2.37 bits per heavy atom. The molecule has 3 aromatic carbocycles. The summed E-state index contributed by atoms with van der Waals surface area (Å²) in [5, 5.41) is 13.0. The molecule has 194 valence electrons. The number of anilines is 1. The topological polar surface area (TPSA) is 95.7 Å². The molecular formula is C31H33N5O2. The number of aromatic amines is 2. The minimum atomic E-state index is -0.240. The molecule has 0 bridgehead atoms. The summed E-state index contributed by atoms with van der Waals surface area (Å²) in [6.07, 6.45) is 2.47. The number of ether oxygens (including phenoxy) is 1. The van der Waals surface area contributed by atoms with Gasteiger partial charge in [-0.3, -0.25) is 9.78 Å². The van der Waals surface area contributed by atoms with Gasteiger partial charge in [0, 0.05) is 36.0 Å². The van der Waals surface area contributed by atoms with Gasteiger partial charge in [0.25, 0.3) is 5.56 Å². The van der Waals surface area contributed by atoms with Crippen LogP contribution < -0.4 is 15.6 Å². The molecule has 0 saturated carbocycles. The van der Waals surface area contributed by atoms with E-state index in [1.165, 1.54) is 5.56 Å².